The van der Waals surface area contributed by atoms with E-state index in [4.69, 9.17) is 5.73 Å². The highest BCUT2D eigenvalue weighted by atomic mass is 16.2. The molecule has 2 aromatic rings. The molecule has 3 aliphatic rings. The van der Waals surface area contributed by atoms with Gasteiger partial charge in [-0.2, -0.15) is 0 Å². The number of likely N-dealkylation sites (tertiary alicyclic amines) is 1. The highest BCUT2D eigenvalue weighted by molar-refractivity contribution is 6.15. The predicted molar refractivity (Wildman–Crippen MR) is 116 cm³/mol. The van der Waals surface area contributed by atoms with Crippen LogP contribution in [0.2, 0.25) is 0 Å². The largest absolute Gasteiger partial charge is 0.370 e. The Morgan fingerprint density at radius 3 is 2.56 bits per heavy atom. The monoisotopic (exact) mass is 432 g/mol. The van der Waals surface area contributed by atoms with Crippen LogP contribution in [-0.2, 0) is 31.1 Å². The number of rotatable bonds is 5. The number of carbonyl (C=O) groups excluding carboxylic acids is 4. The molecule has 2 saturated heterocycles. The molecule has 2 aromatic carbocycles. The van der Waals surface area contributed by atoms with Gasteiger partial charge in [0.15, 0.2) is 0 Å². The van der Waals surface area contributed by atoms with E-state index in [1.807, 2.05) is 49.4 Å². The van der Waals surface area contributed by atoms with Crippen LogP contribution in [0.1, 0.15) is 23.1 Å². The van der Waals surface area contributed by atoms with E-state index in [1.165, 1.54) is 4.90 Å². The molecule has 3 heterocycles. The summed E-state index contributed by atoms with van der Waals surface area (Å²) in [4.78, 5) is 53.4. The van der Waals surface area contributed by atoms with Crippen LogP contribution in [0, 0.1) is 18.8 Å². The molecule has 5 rings (SSSR count). The van der Waals surface area contributed by atoms with E-state index >= 15 is 0 Å². The Balaban J connectivity index is 1.55. The van der Waals surface area contributed by atoms with Gasteiger partial charge >= 0.3 is 0 Å². The summed E-state index contributed by atoms with van der Waals surface area (Å²) in [6, 6.07) is 14.4. The molecule has 0 aliphatic carbocycles. The van der Waals surface area contributed by atoms with Crippen LogP contribution in [0.3, 0.4) is 0 Å². The standard InChI is InChI=1S/C24H24N4O4/c1-13-7-8-16-15(11-13)24(23(32)26-16)20-19(17(27-24)12-18(25)29)21(30)28(22(20)31)10-9-14-5-3-2-4-6-14/h2-8,11,17,19-20,27H,9-10,12H2,1H3,(H2,25,29)(H,26,32)/t17?,19-,20+,24?/m1/s1. The summed E-state index contributed by atoms with van der Waals surface area (Å²) in [7, 11) is 0. The van der Waals surface area contributed by atoms with Crippen LogP contribution >= 0.6 is 0 Å². The molecule has 0 aromatic heterocycles. The molecular weight excluding hydrogens is 408 g/mol. The zero-order chi connectivity index (χ0) is 22.6. The fourth-order valence-electron chi connectivity index (χ4n) is 5.47. The second-order valence-electron chi connectivity index (χ2n) is 8.80. The first-order chi connectivity index (χ1) is 15.3. The van der Waals surface area contributed by atoms with Crippen molar-refractivity contribution in [2.45, 2.75) is 31.3 Å². The van der Waals surface area contributed by atoms with Crippen molar-refractivity contribution in [3.63, 3.8) is 0 Å². The van der Waals surface area contributed by atoms with E-state index < -0.39 is 29.3 Å². The molecule has 8 nitrogen and oxygen atoms in total. The Labute approximate surface area is 185 Å². The van der Waals surface area contributed by atoms with Gasteiger partial charge in [-0.15, -0.1) is 0 Å². The lowest BCUT2D eigenvalue weighted by Crippen LogP contribution is -2.53. The maximum Gasteiger partial charge on any atom is 0.250 e. The summed E-state index contributed by atoms with van der Waals surface area (Å²) in [5, 5.41) is 6.06. The van der Waals surface area contributed by atoms with E-state index in [1.54, 1.807) is 6.07 Å². The van der Waals surface area contributed by atoms with Crippen molar-refractivity contribution in [1.29, 1.82) is 0 Å². The number of hydrogen-bond acceptors (Lipinski definition) is 5. The Morgan fingerprint density at radius 1 is 1.09 bits per heavy atom. The third-order valence-electron chi connectivity index (χ3n) is 6.85. The van der Waals surface area contributed by atoms with Crippen LogP contribution in [0.15, 0.2) is 48.5 Å². The number of amides is 4. The van der Waals surface area contributed by atoms with Gasteiger partial charge in [0.2, 0.25) is 23.6 Å². The van der Waals surface area contributed by atoms with E-state index in [0.29, 0.717) is 17.7 Å². The highest BCUT2D eigenvalue weighted by Crippen LogP contribution is 2.53. The second kappa shape index (κ2) is 7.27. The third-order valence-corrected chi connectivity index (χ3v) is 6.85. The van der Waals surface area contributed by atoms with Crippen LogP contribution in [-0.4, -0.2) is 41.1 Å². The van der Waals surface area contributed by atoms with Crippen molar-refractivity contribution in [2.24, 2.45) is 17.6 Å². The third kappa shape index (κ3) is 2.86. The zero-order valence-corrected chi connectivity index (χ0v) is 17.6. The van der Waals surface area contributed by atoms with Gasteiger partial charge in [-0.3, -0.25) is 29.4 Å². The highest BCUT2D eigenvalue weighted by Gasteiger charge is 2.70. The normalized spacial score (nSPS) is 28.2. The van der Waals surface area contributed by atoms with Gasteiger partial charge in [-0.05, 0) is 25.0 Å². The lowest BCUT2D eigenvalue weighted by Gasteiger charge is -2.29. The number of aryl methyl sites for hydroxylation is 1. The summed E-state index contributed by atoms with van der Waals surface area (Å²) < 4.78 is 0. The molecule has 2 unspecified atom stereocenters. The number of fused-ring (bicyclic) bond motifs is 4. The first-order valence-corrected chi connectivity index (χ1v) is 10.7. The molecule has 4 amide bonds. The van der Waals surface area contributed by atoms with Crippen molar-refractivity contribution in [1.82, 2.24) is 10.2 Å². The number of benzene rings is 2. The average Bonchev–Trinajstić information content (AvgIpc) is 3.32. The SMILES string of the molecule is Cc1ccc2c(c1)C1(NC(CC(N)=O)[C@H]3C(=O)N(CCc4ccccc4)C(=O)[C@H]31)C(=O)N2. The number of anilines is 1. The summed E-state index contributed by atoms with van der Waals surface area (Å²) in [5.41, 5.74) is 7.22. The number of nitrogens with zero attached hydrogens (tertiary/aromatic N) is 1. The van der Waals surface area contributed by atoms with Crippen molar-refractivity contribution >= 4 is 29.3 Å². The minimum Gasteiger partial charge on any atom is -0.370 e. The molecule has 0 radical (unpaired) electrons. The topological polar surface area (TPSA) is 122 Å². The van der Waals surface area contributed by atoms with Crippen molar-refractivity contribution in [2.75, 3.05) is 11.9 Å². The number of nitrogens with two attached hydrogens (primary N) is 1. The Morgan fingerprint density at radius 2 is 1.84 bits per heavy atom. The van der Waals surface area contributed by atoms with Crippen LogP contribution < -0.4 is 16.4 Å². The summed E-state index contributed by atoms with van der Waals surface area (Å²) >= 11 is 0. The van der Waals surface area contributed by atoms with E-state index in [2.05, 4.69) is 10.6 Å². The summed E-state index contributed by atoms with van der Waals surface area (Å²) in [6.07, 6.45) is 0.378. The first-order valence-electron chi connectivity index (χ1n) is 10.7. The van der Waals surface area contributed by atoms with Gasteiger partial charge in [0.1, 0.15) is 5.54 Å². The quantitative estimate of drug-likeness (QED) is 0.605. The van der Waals surface area contributed by atoms with Gasteiger partial charge < -0.3 is 11.1 Å². The summed E-state index contributed by atoms with van der Waals surface area (Å²) in [6.45, 7) is 2.12. The Kier molecular flexibility index (Phi) is 4.63. The molecule has 8 heteroatoms. The molecule has 3 aliphatic heterocycles. The zero-order valence-electron chi connectivity index (χ0n) is 17.6. The number of imide groups is 1. The van der Waals surface area contributed by atoms with Gasteiger partial charge in [-0.1, -0.05) is 48.0 Å². The molecular formula is C24H24N4O4. The predicted octanol–water partition coefficient (Wildman–Crippen LogP) is 0.834. The van der Waals surface area contributed by atoms with Crippen molar-refractivity contribution in [3.05, 3.63) is 65.2 Å². The number of hydrogen-bond donors (Lipinski definition) is 3. The fraction of sp³-hybridized carbons (Fsp3) is 0.333. The minimum atomic E-state index is -1.40. The lowest BCUT2D eigenvalue weighted by atomic mass is 9.76. The average molecular weight is 432 g/mol. The maximum absolute atomic E-state index is 13.6. The second-order valence-corrected chi connectivity index (χ2v) is 8.80. The Hall–Kier alpha value is -3.52. The van der Waals surface area contributed by atoms with Gasteiger partial charge in [0.25, 0.3) is 0 Å². The number of nitrogens with one attached hydrogen (secondary N) is 2. The van der Waals surface area contributed by atoms with Crippen LogP contribution in [0.25, 0.3) is 0 Å². The number of primary amides is 1. The molecule has 32 heavy (non-hydrogen) atoms. The molecule has 0 saturated carbocycles. The van der Waals surface area contributed by atoms with Crippen molar-refractivity contribution < 1.29 is 19.2 Å². The molecule has 1 spiro atoms. The molecule has 4 atom stereocenters. The van der Waals surface area contributed by atoms with Gasteiger partial charge in [0.05, 0.1) is 11.8 Å². The molecule has 164 valence electrons. The first kappa shape index (κ1) is 20.4. The fourth-order valence-corrected chi connectivity index (χ4v) is 5.47. The van der Waals surface area contributed by atoms with Crippen molar-refractivity contribution in [3.8, 4) is 0 Å². The van der Waals surface area contributed by atoms with E-state index in [-0.39, 0.29) is 30.7 Å². The molecule has 0 bridgehead atoms. The molecule has 4 N–H and O–H groups in total. The Bertz CT molecular complexity index is 1150. The maximum atomic E-state index is 13.6. The van der Waals surface area contributed by atoms with Crippen LogP contribution in [0.5, 0.6) is 0 Å². The van der Waals surface area contributed by atoms with E-state index in [9.17, 15) is 19.2 Å². The number of carbonyl (C=O) groups is 4. The molecule has 2 fully saturated rings. The minimum absolute atomic E-state index is 0.136. The smallest absolute Gasteiger partial charge is 0.250 e. The lowest BCUT2D eigenvalue weighted by molar-refractivity contribution is -0.142. The summed E-state index contributed by atoms with van der Waals surface area (Å²) in [5.74, 6) is -3.49. The van der Waals surface area contributed by atoms with Crippen LogP contribution in [0.4, 0.5) is 5.69 Å². The van der Waals surface area contributed by atoms with E-state index in [0.717, 1.165) is 11.1 Å². The van der Waals surface area contributed by atoms with Gasteiger partial charge in [-0.25, -0.2) is 0 Å². The van der Waals surface area contributed by atoms with Gasteiger partial charge in [0, 0.05) is 30.3 Å².